The number of hydrogen-bond acceptors (Lipinski definition) is 6. The molecular weight excluding hydrogens is 316 g/mol. The van der Waals surface area contributed by atoms with E-state index in [9.17, 15) is 4.79 Å². The predicted molar refractivity (Wildman–Crippen MR) is 88.0 cm³/mol. The molecule has 112 valence electrons. The third kappa shape index (κ3) is 2.90. The summed E-state index contributed by atoms with van der Waals surface area (Å²) in [6, 6.07) is 5.66. The number of carbonyl (C=O) groups excluding carboxylic acids is 1. The zero-order chi connectivity index (χ0) is 15.5. The number of carbonyl (C=O) groups is 1. The van der Waals surface area contributed by atoms with Gasteiger partial charge >= 0.3 is 0 Å². The molecule has 0 radical (unpaired) electrons. The fourth-order valence-electron chi connectivity index (χ4n) is 1.99. The van der Waals surface area contributed by atoms with Crippen LogP contribution in [0.4, 0.5) is 0 Å². The van der Waals surface area contributed by atoms with E-state index in [1.54, 1.807) is 34.9 Å². The number of amides is 1. The molecule has 0 aliphatic rings. The molecule has 3 rings (SSSR count). The van der Waals surface area contributed by atoms with Gasteiger partial charge in [0.25, 0.3) is 5.91 Å². The van der Waals surface area contributed by atoms with E-state index in [1.807, 2.05) is 30.5 Å². The molecule has 0 N–H and O–H groups in total. The lowest BCUT2D eigenvalue weighted by molar-refractivity contribution is 0.0734. The SMILES string of the molecule is C[C@@H](c1ccncn1)N(C)C(=O)c1csc(-c2cccs2)n1. The Bertz CT molecular complexity index is 755. The van der Waals surface area contributed by atoms with Gasteiger partial charge in [0, 0.05) is 18.6 Å². The number of thiazole rings is 1. The number of thiophene rings is 1. The molecule has 3 heterocycles. The van der Waals surface area contributed by atoms with Crippen molar-refractivity contribution in [2.24, 2.45) is 0 Å². The Morgan fingerprint density at radius 1 is 1.32 bits per heavy atom. The zero-order valence-corrected chi connectivity index (χ0v) is 13.8. The van der Waals surface area contributed by atoms with Crippen molar-refractivity contribution in [3.05, 3.63) is 52.9 Å². The summed E-state index contributed by atoms with van der Waals surface area (Å²) in [5.41, 5.74) is 1.27. The smallest absolute Gasteiger partial charge is 0.273 e. The molecule has 0 spiro atoms. The summed E-state index contributed by atoms with van der Waals surface area (Å²) >= 11 is 3.11. The zero-order valence-electron chi connectivity index (χ0n) is 12.1. The lowest BCUT2D eigenvalue weighted by Gasteiger charge is -2.23. The maximum atomic E-state index is 12.6. The second-order valence-corrected chi connectivity index (χ2v) is 6.55. The molecule has 0 unspecified atom stereocenters. The van der Waals surface area contributed by atoms with E-state index >= 15 is 0 Å². The second kappa shape index (κ2) is 6.33. The molecule has 0 fully saturated rings. The van der Waals surface area contributed by atoms with Gasteiger partial charge in [-0.1, -0.05) is 6.07 Å². The second-order valence-electron chi connectivity index (χ2n) is 4.74. The van der Waals surface area contributed by atoms with Crippen molar-refractivity contribution in [3.8, 4) is 9.88 Å². The summed E-state index contributed by atoms with van der Waals surface area (Å²) in [5, 5.41) is 4.68. The van der Waals surface area contributed by atoms with Gasteiger partial charge in [-0.05, 0) is 24.4 Å². The van der Waals surface area contributed by atoms with Crippen LogP contribution in [0.3, 0.4) is 0 Å². The largest absolute Gasteiger partial charge is 0.332 e. The molecule has 1 atom stereocenters. The molecule has 7 heteroatoms. The number of aromatic nitrogens is 3. The van der Waals surface area contributed by atoms with E-state index < -0.39 is 0 Å². The summed E-state index contributed by atoms with van der Waals surface area (Å²) in [7, 11) is 1.76. The average Bonchev–Trinajstić information content (AvgIpc) is 3.24. The van der Waals surface area contributed by atoms with Crippen LogP contribution >= 0.6 is 22.7 Å². The van der Waals surface area contributed by atoms with Crippen LogP contribution in [0, 0.1) is 0 Å². The lowest BCUT2D eigenvalue weighted by atomic mass is 10.2. The Labute approximate surface area is 136 Å². The quantitative estimate of drug-likeness (QED) is 0.734. The third-order valence-electron chi connectivity index (χ3n) is 3.39. The number of hydrogen-bond donors (Lipinski definition) is 0. The maximum Gasteiger partial charge on any atom is 0.273 e. The molecule has 1 amide bonds. The molecule has 3 aromatic rings. The Morgan fingerprint density at radius 3 is 2.86 bits per heavy atom. The number of nitrogens with zero attached hydrogens (tertiary/aromatic N) is 4. The van der Waals surface area contributed by atoms with Crippen molar-refractivity contribution in [3.63, 3.8) is 0 Å². The first-order chi connectivity index (χ1) is 10.7. The fourth-order valence-corrected chi connectivity index (χ4v) is 3.60. The highest BCUT2D eigenvalue weighted by molar-refractivity contribution is 7.20. The van der Waals surface area contributed by atoms with Crippen molar-refractivity contribution in [2.45, 2.75) is 13.0 Å². The van der Waals surface area contributed by atoms with E-state index in [0.717, 1.165) is 15.6 Å². The van der Waals surface area contributed by atoms with Crippen LogP contribution in [0.2, 0.25) is 0 Å². The minimum atomic E-state index is -0.137. The fraction of sp³-hybridized carbons (Fsp3) is 0.200. The minimum Gasteiger partial charge on any atom is -0.332 e. The third-order valence-corrected chi connectivity index (χ3v) is 5.27. The molecule has 0 bridgehead atoms. The molecular formula is C15H14N4OS2. The summed E-state index contributed by atoms with van der Waals surface area (Å²) < 4.78 is 0. The van der Waals surface area contributed by atoms with Crippen LogP contribution < -0.4 is 0 Å². The standard InChI is InChI=1S/C15H14N4OS2/c1-10(11-5-6-16-9-17-11)19(2)15(20)12-8-22-14(18-12)13-4-3-7-21-13/h3-10H,1-2H3/t10-/m0/s1. The van der Waals surface area contributed by atoms with Crippen LogP contribution in [-0.2, 0) is 0 Å². The van der Waals surface area contributed by atoms with E-state index in [-0.39, 0.29) is 11.9 Å². The van der Waals surface area contributed by atoms with E-state index in [4.69, 9.17) is 0 Å². The first-order valence-electron chi connectivity index (χ1n) is 6.69. The lowest BCUT2D eigenvalue weighted by Crippen LogP contribution is -2.30. The highest BCUT2D eigenvalue weighted by atomic mass is 32.1. The van der Waals surface area contributed by atoms with Gasteiger partial charge < -0.3 is 4.90 Å². The Morgan fingerprint density at radius 2 is 2.18 bits per heavy atom. The Hall–Kier alpha value is -2.12. The van der Waals surface area contributed by atoms with E-state index in [1.165, 1.54) is 17.7 Å². The minimum absolute atomic E-state index is 0.106. The summed E-state index contributed by atoms with van der Waals surface area (Å²) in [5.74, 6) is -0.106. The van der Waals surface area contributed by atoms with Crippen LogP contribution in [0.25, 0.3) is 9.88 Å². The van der Waals surface area contributed by atoms with Crippen molar-refractivity contribution >= 4 is 28.6 Å². The first kappa shape index (κ1) is 14.8. The van der Waals surface area contributed by atoms with E-state index in [0.29, 0.717) is 5.69 Å². The van der Waals surface area contributed by atoms with Gasteiger partial charge in [0.05, 0.1) is 16.6 Å². The summed E-state index contributed by atoms with van der Waals surface area (Å²) in [4.78, 5) is 27.9. The van der Waals surface area contributed by atoms with Crippen LogP contribution in [0.15, 0.2) is 41.5 Å². The van der Waals surface area contributed by atoms with Gasteiger partial charge in [0.2, 0.25) is 0 Å². The molecule has 0 saturated heterocycles. The first-order valence-corrected chi connectivity index (χ1v) is 8.45. The number of rotatable bonds is 4. The van der Waals surface area contributed by atoms with Crippen molar-refractivity contribution < 1.29 is 4.79 Å². The normalized spacial score (nSPS) is 12.1. The van der Waals surface area contributed by atoms with Crippen molar-refractivity contribution in [2.75, 3.05) is 7.05 Å². The molecule has 22 heavy (non-hydrogen) atoms. The molecule has 0 aliphatic carbocycles. The van der Waals surface area contributed by atoms with Gasteiger partial charge in [0.1, 0.15) is 17.0 Å². The van der Waals surface area contributed by atoms with Gasteiger partial charge in [0.15, 0.2) is 0 Å². The van der Waals surface area contributed by atoms with Crippen LogP contribution in [0.5, 0.6) is 0 Å². The molecule has 0 aromatic carbocycles. The van der Waals surface area contributed by atoms with Gasteiger partial charge in [-0.2, -0.15) is 0 Å². The Balaban J connectivity index is 1.79. The van der Waals surface area contributed by atoms with Crippen LogP contribution in [-0.4, -0.2) is 32.8 Å². The van der Waals surface area contributed by atoms with Gasteiger partial charge in [-0.15, -0.1) is 22.7 Å². The highest BCUT2D eigenvalue weighted by Gasteiger charge is 2.22. The Kier molecular flexibility index (Phi) is 4.26. The highest BCUT2D eigenvalue weighted by Crippen LogP contribution is 2.28. The molecule has 0 saturated carbocycles. The molecule has 5 nitrogen and oxygen atoms in total. The van der Waals surface area contributed by atoms with Gasteiger partial charge in [-0.25, -0.2) is 15.0 Å². The average molecular weight is 330 g/mol. The molecule has 0 aliphatic heterocycles. The molecule has 3 aromatic heterocycles. The van der Waals surface area contributed by atoms with E-state index in [2.05, 4.69) is 15.0 Å². The monoisotopic (exact) mass is 330 g/mol. The topological polar surface area (TPSA) is 59.0 Å². The van der Waals surface area contributed by atoms with Crippen LogP contribution in [0.1, 0.15) is 29.1 Å². The van der Waals surface area contributed by atoms with Gasteiger partial charge in [-0.3, -0.25) is 4.79 Å². The summed E-state index contributed by atoms with van der Waals surface area (Å²) in [6.07, 6.45) is 3.16. The summed E-state index contributed by atoms with van der Waals surface area (Å²) in [6.45, 7) is 1.94. The predicted octanol–water partition coefficient (Wildman–Crippen LogP) is 3.49. The van der Waals surface area contributed by atoms with Crippen molar-refractivity contribution in [1.82, 2.24) is 19.9 Å². The van der Waals surface area contributed by atoms with Crippen molar-refractivity contribution in [1.29, 1.82) is 0 Å². The maximum absolute atomic E-state index is 12.6.